The van der Waals surface area contributed by atoms with Crippen LogP contribution in [0.2, 0.25) is 0 Å². The first-order chi connectivity index (χ1) is 12.2. The second-order valence-corrected chi connectivity index (χ2v) is 6.45. The Kier molecular flexibility index (Phi) is 3.89. The first-order valence-electron chi connectivity index (χ1n) is 7.66. The fourth-order valence-corrected chi connectivity index (χ4v) is 2.97. The molecule has 0 unspecified atom stereocenters. The maximum Gasteiger partial charge on any atom is 0.298 e. The third-order valence-electron chi connectivity index (χ3n) is 3.99. The molecular weight excluding hydrogens is 382 g/mol. The number of benzene rings is 2. The largest absolute Gasteiger partial charge is 0.497 e. The van der Waals surface area contributed by atoms with Crippen molar-refractivity contribution in [1.29, 1.82) is 0 Å². The zero-order valence-corrected chi connectivity index (χ0v) is 15.0. The monoisotopic (exact) mass is 395 g/mol. The van der Waals surface area contributed by atoms with Gasteiger partial charge in [-0.05, 0) is 24.3 Å². The Labute approximate surface area is 152 Å². The van der Waals surface area contributed by atoms with Crippen molar-refractivity contribution in [1.82, 2.24) is 14.0 Å². The third kappa shape index (κ3) is 2.85. The Balaban J connectivity index is 1.85. The van der Waals surface area contributed by atoms with Gasteiger partial charge in [-0.15, -0.1) is 0 Å². The average molecular weight is 396 g/mol. The summed E-state index contributed by atoms with van der Waals surface area (Å²) in [5.41, 5.74) is 2.65. The summed E-state index contributed by atoms with van der Waals surface area (Å²) in [6.07, 6.45) is 5.42. The van der Waals surface area contributed by atoms with Gasteiger partial charge in [-0.25, -0.2) is 4.98 Å². The quantitative estimate of drug-likeness (QED) is 0.528. The number of rotatable bonds is 3. The number of nitrogens with zero attached hydrogens (tertiary/aromatic N) is 3. The van der Waals surface area contributed by atoms with Gasteiger partial charge in [-0.1, -0.05) is 34.1 Å². The summed E-state index contributed by atoms with van der Waals surface area (Å²) in [4.78, 5) is 17.4. The van der Waals surface area contributed by atoms with Crippen LogP contribution in [-0.2, 0) is 0 Å². The number of hydrogen-bond acceptors (Lipinski definition) is 3. The van der Waals surface area contributed by atoms with Crippen molar-refractivity contribution in [2.24, 2.45) is 0 Å². The minimum absolute atomic E-state index is 0.181. The molecule has 0 atom stereocenters. The van der Waals surface area contributed by atoms with E-state index in [4.69, 9.17) is 4.74 Å². The lowest BCUT2D eigenvalue weighted by atomic mass is 10.2. The standard InChI is InChI=1S/C19H14BrN3O2/c1-25-16-4-2-3-15(11-16)23-10-9-22-12-17(21-18(22)19(23)24)13-5-7-14(20)8-6-13/h2-12H,1H3. The average Bonchev–Trinajstić information content (AvgIpc) is 3.08. The van der Waals surface area contributed by atoms with E-state index in [1.54, 1.807) is 22.3 Å². The zero-order valence-electron chi connectivity index (χ0n) is 13.4. The third-order valence-corrected chi connectivity index (χ3v) is 4.52. The van der Waals surface area contributed by atoms with Crippen LogP contribution in [0.4, 0.5) is 0 Å². The highest BCUT2D eigenvalue weighted by atomic mass is 79.9. The van der Waals surface area contributed by atoms with Gasteiger partial charge in [0.2, 0.25) is 5.65 Å². The molecule has 5 nitrogen and oxygen atoms in total. The number of ether oxygens (including phenoxy) is 1. The van der Waals surface area contributed by atoms with Crippen LogP contribution in [0, 0.1) is 0 Å². The molecule has 0 spiro atoms. The van der Waals surface area contributed by atoms with Crippen LogP contribution >= 0.6 is 15.9 Å². The minimum Gasteiger partial charge on any atom is -0.497 e. The van der Waals surface area contributed by atoms with Crippen molar-refractivity contribution < 1.29 is 4.74 Å². The van der Waals surface area contributed by atoms with Crippen LogP contribution in [0.1, 0.15) is 0 Å². The van der Waals surface area contributed by atoms with Gasteiger partial charge in [0.15, 0.2) is 0 Å². The summed E-state index contributed by atoms with van der Waals surface area (Å²) in [6, 6.07) is 15.2. The molecule has 0 saturated carbocycles. The van der Waals surface area contributed by atoms with Gasteiger partial charge in [0.05, 0.1) is 18.5 Å². The van der Waals surface area contributed by atoms with Crippen molar-refractivity contribution >= 4 is 21.6 Å². The van der Waals surface area contributed by atoms with Crippen LogP contribution in [0.25, 0.3) is 22.6 Å². The molecule has 124 valence electrons. The van der Waals surface area contributed by atoms with Gasteiger partial charge >= 0.3 is 0 Å². The van der Waals surface area contributed by atoms with Crippen LogP contribution in [-0.4, -0.2) is 21.1 Å². The molecular formula is C19H14BrN3O2. The predicted octanol–water partition coefficient (Wildman–Crippen LogP) is 3.92. The molecule has 0 aliphatic carbocycles. The smallest absolute Gasteiger partial charge is 0.298 e. The maximum absolute atomic E-state index is 12.9. The highest BCUT2D eigenvalue weighted by Crippen LogP contribution is 2.21. The van der Waals surface area contributed by atoms with E-state index < -0.39 is 0 Å². The van der Waals surface area contributed by atoms with Gasteiger partial charge in [0.1, 0.15) is 5.75 Å². The summed E-state index contributed by atoms with van der Waals surface area (Å²) in [5.74, 6) is 0.697. The number of fused-ring (bicyclic) bond motifs is 1. The van der Waals surface area contributed by atoms with Gasteiger partial charge in [0.25, 0.3) is 5.56 Å². The first-order valence-corrected chi connectivity index (χ1v) is 8.46. The molecule has 6 heteroatoms. The Morgan fingerprint density at radius 2 is 1.88 bits per heavy atom. The van der Waals surface area contributed by atoms with E-state index in [1.807, 2.05) is 60.9 Å². The lowest BCUT2D eigenvalue weighted by Gasteiger charge is -2.07. The Hall–Kier alpha value is -2.86. The van der Waals surface area contributed by atoms with Crippen LogP contribution in [0.5, 0.6) is 5.75 Å². The fraction of sp³-hybridized carbons (Fsp3) is 0.0526. The number of hydrogen-bond donors (Lipinski definition) is 0. The van der Waals surface area contributed by atoms with E-state index >= 15 is 0 Å². The van der Waals surface area contributed by atoms with Crippen LogP contribution in [0.15, 0.2) is 76.4 Å². The summed E-state index contributed by atoms with van der Waals surface area (Å²) in [7, 11) is 1.60. The van der Waals surface area contributed by atoms with Crippen LogP contribution in [0.3, 0.4) is 0 Å². The number of halogens is 1. The normalized spacial score (nSPS) is 11.0. The molecule has 0 fully saturated rings. The van der Waals surface area contributed by atoms with Crippen molar-refractivity contribution in [2.75, 3.05) is 7.11 Å². The summed E-state index contributed by atoms with van der Waals surface area (Å²) in [6.45, 7) is 0. The highest BCUT2D eigenvalue weighted by Gasteiger charge is 2.10. The molecule has 4 rings (SSSR count). The molecule has 2 heterocycles. The molecule has 0 aliphatic heterocycles. The second kappa shape index (κ2) is 6.22. The van der Waals surface area contributed by atoms with Crippen molar-refractivity contribution in [3.8, 4) is 22.7 Å². The van der Waals surface area contributed by atoms with Gasteiger partial charge in [-0.2, -0.15) is 0 Å². The fourth-order valence-electron chi connectivity index (χ4n) is 2.70. The Morgan fingerprint density at radius 1 is 1.08 bits per heavy atom. The van der Waals surface area contributed by atoms with Crippen molar-refractivity contribution in [3.63, 3.8) is 0 Å². The Morgan fingerprint density at radius 3 is 2.64 bits per heavy atom. The van der Waals surface area contributed by atoms with E-state index in [9.17, 15) is 4.79 Å². The molecule has 0 amide bonds. The van der Waals surface area contributed by atoms with Gasteiger partial charge < -0.3 is 9.14 Å². The van der Waals surface area contributed by atoms with E-state index in [-0.39, 0.29) is 5.56 Å². The van der Waals surface area contributed by atoms with E-state index in [0.717, 1.165) is 21.4 Å². The van der Waals surface area contributed by atoms with Gasteiger partial charge in [-0.3, -0.25) is 9.36 Å². The topological polar surface area (TPSA) is 48.5 Å². The molecule has 0 aliphatic rings. The summed E-state index contributed by atoms with van der Waals surface area (Å²) in [5, 5.41) is 0. The van der Waals surface area contributed by atoms with E-state index in [2.05, 4.69) is 20.9 Å². The molecule has 4 aromatic rings. The lowest BCUT2D eigenvalue weighted by Crippen LogP contribution is -2.19. The SMILES string of the molecule is COc1cccc(-n2ccn3cc(-c4ccc(Br)cc4)nc3c2=O)c1. The van der Waals surface area contributed by atoms with Crippen LogP contribution < -0.4 is 10.3 Å². The summed E-state index contributed by atoms with van der Waals surface area (Å²) >= 11 is 3.42. The minimum atomic E-state index is -0.181. The molecule has 0 saturated heterocycles. The molecule has 2 aromatic carbocycles. The molecule has 0 N–H and O–H groups in total. The van der Waals surface area contributed by atoms with E-state index in [1.165, 1.54) is 0 Å². The highest BCUT2D eigenvalue weighted by molar-refractivity contribution is 9.10. The van der Waals surface area contributed by atoms with E-state index in [0.29, 0.717) is 11.4 Å². The number of imidazole rings is 1. The molecule has 0 bridgehead atoms. The molecule has 2 aromatic heterocycles. The number of aromatic nitrogens is 3. The Bertz CT molecular complexity index is 1110. The van der Waals surface area contributed by atoms with Crippen molar-refractivity contribution in [3.05, 3.63) is 81.9 Å². The maximum atomic E-state index is 12.9. The lowest BCUT2D eigenvalue weighted by molar-refractivity contribution is 0.414. The predicted molar refractivity (Wildman–Crippen MR) is 100 cm³/mol. The molecule has 0 radical (unpaired) electrons. The van der Waals surface area contributed by atoms with Crippen molar-refractivity contribution in [2.45, 2.75) is 0 Å². The first kappa shape index (κ1) is 15.7. The second-order valence-electron chi connectivity index (χ2n) is 5.54. The zero-order chi connectivity index (χ0) is 17.4. The van der Waals surface area contributed by atoms with Gasteiger partial charge in [0, 0.05) is 34.7 Å². The molecule has 25 heavy (non-hydrogen) atoms. The number of methoxy groups -OCH3 is 1. The summed E-state index contributed by atoms with van der Waals surface area (Å²) < 4.78 is 9.55.